The molecule has 0 aliphatic carbocycles. The van der Waals surface area contributed by atoms with Gasteiger partial charge in [0.25, 0.3) is 5.91 Å². The number of benzene rings is 1. The molecule has 0 radical (unpaired) electrons. The van der Waals surface area contributed by atoms with Crippen LogP contribution in [0, 0.1) is 0 Å². The van der Waals surface area contributed by atoms with Crippen LogP contribution in [0.3, 0.4) is 0 Å². The maximum atomic E-state index is 12.6. The molecule has 5 nitrogen and oxygen atoms in total. The molecule has 2 amide bonds. The summed E-state index contributed by atoms with van der Waals surface area (Å²) in [5.74, 6) is 0.0669. The molecule has 0 aromatic heterocycles. The van der Waals surface area contributed by atoms with Crippen molar-refractivity contribution in [3.63, 3.8) is 0 Å². The first-order valence-corrected chi connectivity index (χ1v) is 10.5. The molecule has 144 valence electrons. The van der Waals surface area contributed by atoms with Crippen molar-refractivity contribution in [1.82, 2.24) is 14.7 Å². The molecule has 0 spiro atoms. The Morgan fingerprint density at radius 3 is 2.56 bits per heavy atom. The Morgan fingerprint density at radius 2 is 1.89 bits per heavy atom. The molecule has 0 N–H and O–H groups in total. The van der Waals surface area contributed by atoms with Crippen LogP contribution in [0.25, 0.3) is 6.08 Å². The molecule has 1 aromatic rings. The summed E-state index contributed by atoms with van der Waals surface area (Å²) in [6.07, 6.45) is 2.88. The first-order valence-electron chi connectivity index (χ1n) is 8.91. The molecule has 2 aliphatic rings. The van der Waals surface area contributed by atoms with Crippen LogP contribution in [0.5, 0.6) is 0 Å². The maximum Gasteiger partial charge on any atom is 0.266 e. The lowest BCUT2D eigenvalue weighted by Crippen LogP contribution is -2.47. The number of likely N-dealkylation sites (N-methyl/N-ethyl adjacent to an activating group) is 1. The van der Waals surface area contributed by atoms with Crippen molar-refractivity contribution in [3.05, 3.63) is 39.8 Å². The van der Waals surface area contributed by atoms with Gasteiger partial charge in [-0.1, -0.05) is 47.7 Å². The third-order valence-electron chi connectivity index (χ3n) is 4.67. The first-order chi connectivity index (χ1) is 12.9. The average Bonchev–Trinajstić information content (AvgIpc) is 2.91. The summed E-state index contributed by atoms with van der Waals surface area (Å²) in [5.41, 5.74) is 0.908. The van der Waals surface area contributed by atoms with E-state index in [0.29, 0.717) is 33.6 Å². The summed E-state index contributed by atoms with van der Waals surface area (Å²) >= 11 is 12.6. The number of carbonyl (C=O) groups excluding carboxylic acids is 2. The highest BCUT2D eigenvalue weighted by Gasteiger charge is 2.31. The molecule has 1 aromatic carbocycles. The molecule has 8 heteroatoms. The molecule has 0 bridgehead atoms. The van der Waals surface area contributed by atoms with Crippen LogP contribution in [0.15, 0.2) is 29.2 Å². The molecular formula is C19H22ClN3O2S2. The second kappa shape index (κ2) is 9.19. The minimum atomic E-state index is -0.0907. The quantitative estimate of drug-likeness (QED) is 0.537. The number of hydrogen-bond donors (Lipinski definition) is 0. The van der Waals surface area contributed by atoms with Crippen molar-refractivity contribution >= 4 is 57.8 Å². The highest BCUT2D eigenvalue weighted by Crippen LogP contribution is 2.32. The molecule has 2 fully saturated rings. The molecule has 27 heavy (non-hydrogen) atoms. The summed E-state index contributed by atoms with van der Waals surface area (Å²) in [5, 5.41) is 0.657. The van der Waals surface area contributed by atoms with Crippen molar-refractivity contribution in [2.24, 2.45) is 0 Å². The van der Waals surface area contributed by atoms with Gasteiger partial charge in [-0.3, -0.25) is 14.5 Å². The van der Waals surface area contributed by atoms with Gasteiger partial charge < -0.3 is 9.80 Å². The Morgan fingerprint density at radius 1 is 1.22 bits per heavy atom. The molecule has 2 heterocycles. The predicted octanol–water partition coefficient (Wildman–Crippen LogP) is 3.10. The number of rotatable bonds is 5. The molecular weight excluding hydrogens is 402 g/mol. The number of nitrogens with zero attached hydrogens (tertiary/aromatic N) is 3. The smallest absolute Gasteiger partial charge is 0.266 e. The zero-order chi connectivity index (χ0) is 19.4. The number of piperazine rings is 1. The van der Waals surface area contributed by atoms with Gasteiger partial charge in [0, 0.05) is 44.2 Å². The Labute approximate surface area is 174 Å². The number of thioether (sulfide) groups is 1. The Hall–Kier alpha value is -1.41. The van der Waals surface area contributed by atoms with Gasteiger partial charge in [0.05, 0.1) is 4.91 Å². The zero-order valence-corrected chi connectivity index (χ0v) is 17.6. The molecule has 3 rings (SSSR count). The Balaban J connectivity index is 1.52. The topological polar surface area (TPSA) is 43.9 Å². The normalized spacial score (nSPS) is 20.0. The molecule has 0 atom stereocenters. The fourth-order valence-electron chi connectivity index (χ4n) is 3.01. The van der Waals surface area contributed by atoms with Crippen LogP contribution >= 0.6 is 35.6 Å². The fourth-order valence-corrected chi connectivity index (χ4v) is 4.44. The molecule has 0 saturated carbocycles. The van der Waals surface area contributed by atoms with E-state index < -0.39 is 0 Å². The minimum Gasteiger partial charge on any atom is -0.340 e. The number of amides is 2. The molecule has 2 saturated heterocycles. The van der Waals surface area contributed by atoms with E-state index in [-0.39, 0.29) is 11.8 Å². The first kappa shape index (κ1) is 20.3. The Bertz CT molecular complexity index is 759. The third kappa shape index (κ3) is 5.31. The highest BCUT2D eigenvalue weighted by molar-refractivity contribution is 8.26. The molecule has 0 unspecified atom stereocenters. The van der Waals surface area contributed by atoms with Gasteiger partial charge in [0.2, 0.25) is 5.91 Å². The van der Waals surface area contributed by atoms with Gasteiger partial charge in [-0.2, -0.15) is 0 Å². The van der Waals surface area contributed by atoms with Crippen molar-refractivity contribution in [3.8, 4) is 0 Å². The number of halogens is 1. The number of carbonyl (C=O) groups is 2. The monoisotopic (exact) mass is 423 g/mol. The van der Waals surface area contributed by atoms with E-state index in [1.165, 1.54) is 11.8 Å². The highest BCUT2D eigenvalue weighted by atomic mass is 35.5. The van der Waals surface area contributed by atoms with Crippen LogP contribution in [0.4, 0.5) is 0 Å². The predicted molar refractivity (Wildman–Crippen MR) is 115 cm³/mol. The zero-order valence-electron chi connectivity index (χ0n) is 15.2. The summed E-state index contributed by atoms with van der Waals surface area (Å²) in [7, 11) is 2.06. The summed E-state index contributed by atoms with van der Waals surface area (Å²) in [4.78, 5) is 31.3. The lowest BCUT2D eigenvalue weighted by Gasteiger charge is -2.32. The van der Waals surface area contributed by atoms with Crippen molar-refractivity contribution in [2.75, 3.05) is 39.8 Å². The average molecular weight is 424 g/mol. The molecule has 2 aliphatic heterocycles. The number of thiocarbonyl (C=S) groups is 1. The maximum absolute atomic E-state index is 12.6. The van der Waals surface area contributed by atoms with Crippen LogP contribution < -0.4 is 0 Å². The lowest BCUT2D eigenvalue weighted by molar-refractivity contribution is -0.133. The standard InChI is InChI=1S/C19H22ClN3O2S2/c1-21-9-11-22(12-10-21)17(24)3-2-8-23-18(25)16(27-19(23)26)13-14-4-6-15(20)7-5-14/h4-7,13H,2-3,8-12H2,1H3/b16-13-. The van der Waals surface area contributed by atoms with Crippen LogP contribution in [0.2, 0.25) is 5.02 Å². The van der Waals surface area contributed by atoms with E-state index in [0.717, 1.165) is 31.7 Å². The summed E-state index contributed by atoms with van der Waals surface area (Å²) in [6, 6.07) is 7.31. The fraction of sp³-hybridized carbons (Fsp3) is 0.421. The van der Waals surface area contributed by atoms with Gasteiger partial charge in [-0.05, 0) is 37.2 Å². The van der Waals surface area contributed by atoms with Crippen molar-refractivity contribution in [2.45, 2.75) is 12.8 Å². The summed E-state index contributed by atoms with van der Waals surface area (Å²) < 4.78 is 0.548. The Kier molecular flexibility index (Phi) is 6.92. The van der Waals surface area contributed by atoms with Crippen LogP contribution in [0.1, 0.15) is 18.4 Å². The minimum absolute atomic E-state index is 0.0907. The van der Waals surface area contributed by atoms with Gasteiger partial charge in [-0.25, -0.2) is 0 Å². The van der Waals surface area contributed by atoms with Gasteiger partial charge in [0.1, 0.15) is 4.32 Å². The van der Waals surface area contributed by atoms with E-state index in [2.05, 4.69) is 11.9 Å². The van der Waals surface area contributed by atoms with Crippen molar-refractivity contribution in [1.29, 1.82) is 0 Å². The van der Waals surface area contributed by atoms with E-state index in [9.17, 15) is 9.59 Å². The van der Waals surface area contributed by atoms with Gasteiger partial charge in [-0.15, -0.1) is 0 Å². The number of hydrogen-bond acceptors (Lipinski definition) is 5. The van der Waals surface area contributed by atoms with Gasteiger partial charge >= 0.3 is 0 Å². The third-order valence-corrected chi connectivity index (χ3v) is 6.30. The SMILES string of the molecule is CN1CCN(C(=O)CCCN2C(=O)/C(=C/c3ccc(Cl)cc3)SC2=S)CC1. The van der Waals surface area contributed by atoms with Crippen molar-refractivity contribution < 1.29 is 9.59 Å². The lowest BCUT2D eigenvalue weighted by atomic mass is 10.2. The second-order valence-electron chi connectivity index (χ2n) is 6.67. The summed E-state index contributed by atoms with van der Waals surface area (Å²) in [6.45, 7) is 3.86. The van der Waals surface area contributed by atoms with E-state index >= 15 is 0 Å². The van der Waals surface area contributed by atoms with Crippen LogP contribution in [-0.4, -0.2) is 70.6 Å². The van der Waals surface area contributed by atoms with E-state index in [1.807, 2.05) is 23.1 Å². The van der Waals surface area contributed by atoms with Gasteiger partial charge in [0.15, 0.2) is 0 Å². The van der Waals surface area contributed by atoms with E-state index in [1.54, 1.807) is 17.0 Å². The van der Waals surface area contributed by atoms with E-state index in [4.69, 9.17) is 23.8 Å². The largest absolute Gasteiger partial charge is 0.340 e. The van der Waals surface area contributed by atoms with Crippen LogP contribution in [-0.2, 0) is 9.59 Å². The second-order valence-corrected chi connectivity index (χ2v) is 8.78.